The van der Waals surface area contributed by atoms with E-state index < -0.39 is 5.91 Å². The molecule has 2 aromatic carbocycles. The number of hydrogen-bond acceptors (Lipinski definition) is 5. The first-order valence-corrected chi connectivity index (χ1v) is 10.2. The standard InChI is InChI=1S/C25H19N5O3/c1-15-10-11-23(33-15)21-14-17(16-6-2-3-7-18(16)27-21)25(32)28-19-8-4-5-9-22(19)30-13-12-20(29-30)24(26)31/h2-14H,1H3,(H2,26,31)(H,28,32). The zero-order valence-electron chi connectivity index (χ0n) is 17.6. The smallest absolute Gasteiger partial charge is 0.269 e. The van der Waals surface area contributed by atoms with Gasteiger partial charge in [-0.15, -0.1) is 0 Å². The highest BCUT2D eigenvalue weighted by atomic mass is 16.3. The molecular formula is C25H19N5O3. The van der Waals surface area contributed by atoms with Crippen molar-refractivity contribution in [1.82, 2.24) is 14.8 Å². The van der Waals surface area contributed by atoms with Crippen LogP contribution in [-0.2, 0) is 0 Å². The largest absolute Gasteiger partial charge is 0.460 e. The summed E-state index contributed by atoms with van der Waals surface area (Å²) in [5.41, 5.74) is 8.28. The molecule has 0 saturated heterocycles. The minimum absolute atomic E-state index is 0.134. The Labute approximate surface area is 188 Å². The summed E-state index contributed by atoms with van der Waals surface area (Å²) in [4.78, 5) is 29.5. The zero-order valence-corrected chi connectivity index (χ0v) is 17.6. The number of nitrogens with one attached hydrogen (secondary N) is 1. The predicted octanol–water partition coefficient (Wildman–Crippen LogP) is 4.34. The molecule has 8 nitrogen and oxygen atoms in total. The van der Waals surface area contributed by atoms with Gasteiger partial charge in [0.1, 0.15) is 17.1 Å². The molecule has 5 rings (SSSR count). The van der Waals surface area contributed by atoms with Crippen molar-refractivity contribution < 1.29 is 14.0 Å². The third-order valence-corrected chi connectivity index (χ3v) is 5.19. The van der Waals surface area contributed by atoms with E-state index in [1.807, 2.05) is 49.4 Å². The number of benzene rings is 2. The summed E-state index contributed by atoms with van der Waals surface area (Å²) >= 11 is 0. The molecule has 0 aliphatic rings. The number of nitrogens with zero attached hydrogens (tertiary/aromatic N) is 3. The topological polar surface area (TPSA) is 116 Å². The van der Waals surface area contributed by atoms with Gasteiger partial charge in [-0.05, 0) is 49.4 Å². The molecule has 3 aromatic heterocycles. The summed E-state index contributed by atoms with van der Waals surface area (Å²) < 4.78 is 7.22. The van der Waals surface area contributed by atoms with Crippen LogP contribution in [0.5, 0.6) is 0 Å². The highest BCUT2D eigenvalue weighted by molar-refractivity contribution is 6.13. The first kappa shape index (κ1) is 20.2. The Kier molecular flexibility index (Phi) is 4.95. The predicted molar refractivity (Wildman–Crippen MR) is 124 cm³/mol. The number of anilines is 1. The molecule has 0 bridgehead atoms. The lowest BCUT2D eigenvalue weighted by Crippen LogP contribution is -2.15. The fraction of sp³-hybridized carbons (Fsp3) is 0.0400. The van der Waals surface area contributed by atoms with Gasteiger partial charge in [-0.1, -0.05) is 30.3 Å². The summed E-state index contributed by atoms with van der Waals surface area (Å²) in [6, 6.07) is 21.5. The number of hydrogen-bond donors (Lipinski definition) is 2. The maximum atomic E-state index is 13.4. The SMILES string of the molecule is Cc1ccc(-c2cc(C(=O)Nc3ccccc3-n3ccc(C(N)=O)n3)c3ccccc3n2)o1. The van der Waals surface area contributed by atoms with Gasteiger partial charge in [0, 0.05) is 11.6 Å². The molecular weight excluding hydrogens is 418 g/mol. The molecule has 5 aromatic rings. The van der Waals surface area contributed by atoms with Crippen molar-refractivity contribution in [3.63, 3.8) is 0 Å². The Morgan fingerprint density at radius 3 is 2.55 bits per heavy atom. The van der Waals surface area contributed by atoms with Crippen molar-refractivity contribution >= 4 is 28.4 Å². The molecule has 0 aliphatic carbocycles. The maximum Gasteiger partial charge on any atom is 0.269 e. The minimum atomic E-state index is -0.626. The van der Waals surface area contributed by atoms with E-state index in [1.165, 1.54) is 10.7 Å². The summed E-state index contributed by atoms with van der Waals surface area (Å²) in [6.07, 6.45) is 1.62. The highest BCUT2D eigenvalue weighted by Crippen LogP contribution is 2.28. The lowest BCUT2D eigenvalue weighted by atomic mass is 10.1. The van der Waals surface area contributed by atoms with Crippen LogP contribution in [0.3, 0.4) is 0 Å². The highest BCUT2D eigenvalue weighted by Gasteiger charge is 2.17. The quantitative estimate of drug-likeness (QED) is 0.424. The molecule has 0 aliphatic heterocycles. The number of furan rings is 1. The van der Waals surface area contributed by atoms with E-state index >= 15 is 0 Å². The lowest BCUT2D eigenvalue weighted by molar-refractivity contribution is 0.0992. The van der Waals surface area contributed by atoms with Gasteiger partial charge in [0.05, 0.1) is 22.5 Å². The molecule has 0 atom stereocenters. The van der Waals surface area contributed by atoms with E-state index in [2.05, 4.69) is 15.4 Å². The summed E-state index contributed by atoms with van der Waals surface area (Å²) in [7, 11) is 0. The number of para-hydroxylation sites is 3. The maximum absolute atomic E-state index is 13.4. The lowest BCUT2D eigenvalue weighted by Gasteiger charge is -2.13. The first-order chi connectivity index (χ1) is 16.0. The van der Waals surface area contributed by atoms with E-state index in [1.54, 1.807) is 30.5 Å². The van der Waals surface area contributed by atoms with Crippen molar-refractivity contribution in [3.8, 4) is 17.1 Å². The summed E-state index contributed by atoms with van der Waals surface area (Å²) in [6.45, 7) is 1.86. The zero-order chi connectivity index (χ0) is 22.9. The van der Waals surface area contributed by atoms with Gasteiger partial charge >= 0.3 is 0 Å². The fourth-order valence-corrected chi connectivity index (χ4v) is 3.62. The number of aryl methyl sites for hydroxylation is 1. The van der Waals surface area contributed by atoms with Crippen molar-refractivity contribution in [3.05, 3.63) is 96.0 Å². The van der Waals surface area contributed by atoms with Gasteiger partial charge in [-0.25, -0.2) is 9.67 Å². The Morgan fingerprint density at radius 2 is 1.79 bits per heavy atom. The molecule has 33 heavy (non-hydrogen) atoms. The van der Waals surface area contributed by atoms with E-state index in [0.29, 0.717) is 33.9 Å². The van der Waals surface area contributed by atoms with E-state index in [-0.39, 0.29) is 11.6 Å². The number of amides is 2. The second kappa shape index (κ2) is 8.08. The van der Waals surface area contributed by atoms with Crippen LogP contribution in [0.4, 0.5) is 5.69 Å². The Balaban J connectivity index is 1.56. The molecule has 0 fully saturated rings. The molecule has 2 amide bonds. The third kappa shape index (κ3) is 3.85. The van der Waals surface area contributed by atoms with Crippen molar-refractivity contribution in [2.45, 2.75) is 6.92 Å². The van der Waals surface area contributed by atoms with E-state index in [9.17, 15) is 9.59 Å². The molecule has 3 N–H and O–H groups in total. The third-order valence-electron chi connectivity index (χ3n) is 5.19. The van der Waals surface area contributed by atoms with Crippen LogP contribution in [0.2, 0.25) is 0 Å². The van der Waals surface area contributed by atoms with Crippen LogP contribution < -0.4 is 11.1 Å². The second-order valence-corrected chi connectivity index (χ2v) is 7.46. The number of pyridine rings is 1. The average Bonchev–Trinajstić information content (AvgIpc) is 3.48. The van der Waals surface area contributed by atoms with Crippen LogP contribution >= 0.6 is 0 Å². The monoisotopic (exact) mass is 437 g/mol. The molecule has 8 heteroatoms. The van der Waals surface area contributed by atoms with Gasteiger partial charge in [0.25, 0.3) is 11.8 Å². The number of rotatable bonds is 5. The summed E-state index contributed by atoms with van der Waals surface area (Å²) in [5.74, 6) is 0.407. The Hall–Kier alpha value is -4.72. The van der Waals surface area contributed by atoms with Crippen LogP contribution in [-0.4, -0.2) is 26.6 Å². The van der Waals surface area contributed by atoms with Crippen LogP contribution in [0, 0.1) is 6.92 Å². The first-order valence-electron chi connectivity index (χ1n) is 10.2. The van der Waals surface area contributed by atoms with E-state index in [0.717, 1.165) is 11.1 Å². The van der Waals surface area contributed by atoms with Crippen LogP contribution in [0.25, 0.3) is 28.0 Å². The van der Waals surface area contributed by atoms with E-state index in [4.69, 9.17) is 10.2 Å². The number of primary amides is 1. The van der Waals surface area contributed by atoms with Crippen molar-refractivity contribution in [2.24, 2.45) is 5.73 Å². The molecule has 0 saturated carbocycles. The normalized spacial score (nSPS) is 10.9. The molecule has 0 unspecified atom stereocenters. The summed E-state index contributed by atoms with van der Waals surface area (Å²) in [5, 5.41) is 7.88. The Bertz CT molecular complexity index is 1520. The van der Waals surface area contributed by atoms with Gasteiger partial charge in [-0.2, -0.15) is 5.10 Å². The molecule has 3 heterocycles. The van der Waals surface area contributed by atoms with Gasteiger partial charge < -0.3 is 15.5 Å². The number of nitrogens with two attached hydrogens (primary N) is 1. The minimum Gasteiger partial charge on any atom is -0.460 e. The van der Waals surface area contributed by atoms with Crippen molar-refractivity contribution in [2.75, 3.05) is 5.32 Å². The molecule has 0 spiro atoms. The number of carbonyl (C=O) groups is 2. The number of aromatic nitrogens is 3. The van der Waals surface area contributed by atoms with Gasteiger partial charge in [0.15, 0.2) is 5.76 Å². The van der Waals surface area contributed by atoms with Crippen LogP contribution in [0.1, 0.15) is 26.6 Å². The van der Waals surface area contributed by atoms with Gasteiger partial charge in [0.2, 0.25) is 0 Å². The van der Waals surface area contributed by atoms with Crippen LogP contribution in [0.15, 0.2) is 83.4 Å². The number of carbonyl (C=O) groups excluding carboxylic acids is 2. The van der Waals surface area contributed by atoms with Gasteiger partial charge in [-0.3, -0.25) is 9.59 Å². The second-order valence-electron chi connectivity index (χ2n) is 7.46. The molecule has 0 radical (unpaired) electrons. The number of fused-ring (bicyclic) bond motifs is 1. The molecule has 162 valence electrons. The Morgan fingerprint density at radius 1 is 1.00 bits per heavy atom. The average molecular weight is 437 g/mol. The fourth-order valence-electron chi connectivity index (χ4n) is 3.62. The van der Waals surface area contributed by atoms with Crippen molar-refractivity contribution in [1.29, 1.82) is 0 Å².